The van der Waals surface area contributed by atoms with Crippen LogP contribution in [0.15, 0.2) is 59.0 Å². The molecule has 2 N–H and O–H groups in total. The van der Waals surface area contributed by atoms with Gasteiger partial charge in [-0.1, -0.05) is 35.3 Å². The summed E-state index contributed by atoms with van der Waals surface area (Å²) in [7, 11) is 0. The minimum Gasteiger partial charge on any atom is -0.457 e. The Balaban J connectivity index is 1.60. The molecular formula is C22H18Cl2N2O2S. The first-order valence-electron chi connectivity index (χ1n) is 8.75. The van der Waals surface area contributed by atoms with Crippen molar-refractivity contribution in [3.8, 4) is 11.3 Å². The Hall–Kier alpha value is -2.60. The molecule has 3 aromatic rings. The molecule has 0 unspecified atom stereocenters. The molecule has 0 spiro atoms. The molecule has 148 valence electrons. The lowest BCUT2D eigenvalue weighted by molar-refractivity contribution is -0.115. The minimum atomic E-state index is -0.370. The number of hydrogen-bond acceptors (Lipinski definition) is 3. The first-order valence-corrected chi connectivity index (χ1v) is 9.91. The second-order valence-electron chi connectivity index (χ2n) is 6.38. The van der Waals surface area contributed by atoms with Crippen LogP contribution < -0.4 is 10.6 Å². The maximum Gasteiger partial charge on any atom is 0.250 e. The van der Waals surface area contributed by atoms with Gasteiger partial charge in [-0.3, -0.25) is 10.1 Å². The number of aryl methyl sites for hydroxylation is 2. The van der Waals surface area contributed by atoms with E-state index in [1.54, 1.807) is 30.3 Å². The van der Waals surface area contributed by atoms with Crippen LogP contribution in [0.1, 0.15) is 16.9 Å². The topological polar surface area (TPSA) is 54.3 Å². The zero-order chi connectivity index (χ0) is 21.0. The summed E-state index contributed by atoms with van der Waals surface area (Å²) in [6.45, 7) is 4.05. The fourth-order valence-corrected chi connectivity index (χ4v) is 3.19. The van der Waals surface area contributed by atoms with Gasteiger partial charge in [-0.15, -0.1) is 0 Å². The highest BCUT2D eigenvalue weighted by Crippen LogP contribution is 2.34. The number of hydrogen-bond donors (Lipinski definition) is 2. The van der Waals surface area contributed by atoms with Gasteiger partial charge in [0.25, 0.3) is 0 Å². The lowest BCUT2D eigenvalue weighted by Gasteiger charge is -2.09. The van der Waals surface area contributed by atoms with Gasteiger partial charge in [0.2, 0.25) is 5.91 Å². The van der Waals surface area contributed by atoms with Crippen molar-refractivity contribution < 1.29 is 9.21 Å². The maximum atomic E-state index is 12.1. The van der Waals surface area contributed by atoms with Gasteiger partial charge >= 0.3 is 0 Å². The summed E-state index contributed by atoms with van der Waals surface area (Å²) in [6, 6.07) is 14.7. The van der Waals surface area contributed by atoms with Crippen LogP contribution in [0.25, 0.3) is 17.4 Å². The van der Waals surface area contributed by atoms with Gasteiger partial charge in [-0.25, -0.2) is 0 Å². The average molecular weight is 445 g/mol. The molecule has 0 bridgehead atoms. The number of carbonyl (C=O) groups is 1. The van der Waals surface area contributed by atoms with E-state index in [1.165, 1.54) is 11.6 Å². The van der Waals surface area contributed by atoms with Crippen molar-refractivity contribution >= 4 is 58.2 Å². The van der Waals surface area contributed by atoms with Gasteiger partial charge in [0.15, 0.2) is 5.11 Å². The number of halogens is 2. The molecule has 1 heterocycles. The number of furan rings is 1. The Morgan fingerprint density at radius 3 is 2.62 bits per heavy atom. The Morgan fingerprint density at radius 1 is 1.07 bits per heavy atom. The fraction of sp³-hybridized carbons (Fsp3) is 0.0909. The fourth-order valence-electron chi connectivity index (χ4n) is 2.57. The molecule has 0 aliphatic heterocycles. The molecule has 4 nitrogen and oxygen atoms in total. The number of anilines is 1. The van der Waals surface area contributed by atoms with E-state index >= 15 is 0 Å². The van der Waals surface area contributed by atoms with Crippen molar-refractivity contribution in [1.82, 2.24) is 5.32 Å². The van der Waals surface area contributed by atoms with Crippen LogP contribution >= 0.6 is 35.4 Å². The van der Waals surface area contributed by atoms with Crippen molar-refractivity contribution in [2.24, 2.45) is 0 Å². The first kappa shape index (κ1) is 21.1. The number of amides is 1. The summed E-state index contributed by atoms with van der Waals surface area (Å²) in [5.41, 5.74) is 3.82. The molecule has 7 heteroatoms. The molecule has 29 heavy (non-hydrogen) atoms. The van der Waals surface area contributed by atoms with Crippen LogP contribution in [0.2, 0.25) is 10.0 Å². The summed E-state index contributed by atoms with van der Waals surface area (Å²) >= 11 is 17.4. The lowest BCUT2D eigenvalue weighted by atomic mass is 10.1. The van der Waals surface area contributed by atoms with Crippen LogP contribution in [0.4, 0.5) is 5.69 Å². The van der Waals surface area contributed by atoms with Gasteiger partial charge in [-0.05, 0) is 79.7 Å². The Kier molecular flexibility index (Phi) is 6.75. The number of benzene rings is 2. The van der Waals surface area contributed by atoms with Crippen molar-refractivity contribution in [3.05, 3.63) is 81.5 Å². The van der Waals surface area contributed by atoms with Gasteiger partial charge < -0.3 is 9.73 Å². The lowest BCUT2D eigenvalue weighted by Crippen LogP contribution is -2.32. The summed E-state index contributed by atoms with van der Waals surface area (Å²) in [4.78, 5) is 12.1. The van der Waals surface area contributed by atoms with E-state index in [0.29, 0.717) is 27.1 Å². The zero-order valence-electron chi connectivity index (χ0n) is 15.8. The summed E-state index contributed by atoms with van der Waals surface area (Å²) in [5, 5.41) is 6.67. The molecular weight excluding hydrogens is 427 g/mol. The van der Waals surface area contributed by atoms with Crippen LogP contribution in [-0.4, -0.2) is 11.0 Å². The monoisotopic (exact) mass is 444 g/mol. The Morgan fingerprint density at radius 2 is 1.86 bits per heavy atom. The molecule has 0 saturated carbocycles. The van der Waals surface area contributed by atoms with Crippen molar-refractivity contribution in [2.45, 2.75) is 13.8 Å². The zero-order valence-corrected chi connectivity index (χ0v) is 18.1. The second-order valence-corrected chi connectivity index (χ2v) is 7.57. The molecule has 1 amide bonds. The van der Waals surface area contributed by atoms with E-state index in [1.807, 2.05) is 38.1 Å². The van der Waals surface area contributed by atoms with E-state index in [9.17, 15) is 4.79 Å². The van der Waals surface area contributed by atoms with E-state index in [4.69, 9.17) is 39.8 Å². The summed E-state index contributed by atoms with van der Waals surface area (Å²) in [6.07, 6.45) is 2.90. The smallest absolute Gasteiger partial charge is 0.250 e. The summed E-state index contributed by atoms with van der Waals surface area (Å²) in [5.74, 6) is 0.689. The molecule has 0 fully saturated rings. The number of carbonyl (C=O) groups excluding carboxylic acids is 1. The van der Waals surface area contributed by atoms with E-state index in [2.05, 4.69) is 10.6 Å². The highest BCUT2D eigenvalue weighted by Gasteiger charge is 2.10. The van der Waals surface area contributed by atoms with Gasteiger partial charge in [0.1, 0.15) is 11.5 Å². The normalized spacial score (nSPS) is 10.9. The molecule has 0 saturated heterocycles. The number of nitrogens with one attached hydrogen (secondary N) is 2. The predicted molar refractivity (Wildman–Crippen MR) is 123 cm³/mol. The minimum absolute atomic E-state index is 0.216. The molecule has 0 aliphatic carbocycles. The number of thiocarbonyl (C=S) groups is 1. The Labute approximate surface area is 184 Å². The standard InChI is InChI=1S/C22H18Cl2N2O2S/c1-13-6-7-15(12-14(13)2)25-22(29)26-20(27)11-9-16-8-10-19(28-16)17-4-3-5-18(23)21(17)24/h3-12H,1-2H3,(H2,25,26,27,29). The van der Waals surface area contributed by atoms with Crippen LogP contribution in [0, 0.1) is 13.8 Å². The van der Waals surface area contributed by atoms with Gasteiger partial charge in [0, 0.05) is 17.3 Å². The predicted octanol–water partition coefficient (Wildman–Crippen LogP) is 6.40. The third-order valence-electron chi connectivity index (χ3n) is 4.24. The van der Waals surface area contributed by atoms with Gasteiger partial charge in [-0.2, -0.15) is 0 Å². The third-order valence-corrected chi connectivity index (χ3v) is 5.27. The molecule has 1 aromatic heterocycles. The van der Waals surface area contributed by atoms with Crippen LogP contribution in [-0.2, 0) is 4.79 Å². The second kappa shape index (κ2) is 9.27. The molecule has 3 rings (SSSR count). The Bertz CT molecular complexity index is 1110. The summed E-state index contributed by atoms with van der Waals surface area (Å²) < 4.78 is 5.72. The molecule has 0 atom stereocenters. The highest BCUT2D eigenvalue weighted by atomic mass is 35.5. The average Bonchev–Trinajstić information content (AvgIpc) is 3.14. The van der Waals surface area contributed by atoms with E-state index in [0.717, 1.165) is 11.3 Å². The molecule has 0 aliphatic rings. The van der Waals surface area contributed by atoms with Crippen molar-refractivity contribution in [2.75, 3.05) is 5.32 Å². The van der Waals surface area contributed by atoms with Crippen LogP contribution in [0.5, 0.6) is 0 Å². The largest absolute Gasteiger partial charge is 0.457 e. The van der Waals surface area contributed by atoms with Crippen LogP contribution in [0.3, 0.4) is 0 Å². The number of rotatable bonds is 4. The van der Waals surface area contributed by atoms with E-state index < -0.39 is 0 Å². The third kappa shape index (κ3) is 5.48. The molecule has 0 radical (unpaired) electrons. The van der Waals surface area contributed by atoms with Crippen molar-refractivity contribution in [3.63, 3.8) is 0 Å². The van der Waals surface area contributed by atoms with E-state index in [-0.39, 0.29) is 11.0 Å². The SMILES string of the molecule is Cc1ccc(NC(=S)NC(=O)C=Cc2ccc(-c3cccc(Cl)c3Cl)o2)cc1C. The quantitative estimate of drug-likeness (QED) is 0.361. The molecule has 2 aromatic carbocycles. The van der Waals surface area contributed by atoms with Gasteiger partial charge in [0.05, 0.1) is 10.0 Å². The van der Waals surface area contributed by atoms with Crippen molar-refractivity contribution in [1.29, 1.82) is 0 Å². The first-order chi connectivity index (χ1) is 13.8. The maximum absolute atomic E-state index is 12.1. The highest BCUT2D eigenvalue weighted by molar-refractivity contribution is 7.80.